The highest BCUT2D eigenvalue weighted by atomic mass is 32.2. The number of alkyl carbamates (subject to hydrolysis) is 1. The van der Waals surface area contributed by atoms with Gasteiger partial charge >= 0.3 is 12.1 Å². The van der Waals surface area contributed by atoms with Crippen molar-refractivity contribution in [1.29, 1.82) is 0 Å². The number of ether oxygens (including phenoxy) is 1. The van der Waals surface area contributed by atoms with Crippen molar-refractivity contribution in [2.24, 2.45) is 0 Å². The normalized spacial score (nSPS) is 26.4. The number of aromatic nitrogens is 2. The second-order valence-electron chi connectivity index (χ2n) is 7.80. The zero-order chi connectivity index (χ0) is 23.8. The van der Waals surface area contributed by atoms with Crippen LogP contribution in [0.3, 0.4) is 0 Å². The van der Waals surface area contributed by atoms with Gasteiger partial charge in [-0.1, -0.05) is 6.07 Å². The van der Waals surface area contributed by atoms with Crippen molar-refractivity contribution in [1.82, 2.24) is 20.2 Å². The fraction of sp³-hybridized carbons (Fsp3) is 0.286. The SMILES string of the molecule is C[C@]1(COC(=O)NCc2ccncc2)[C@H](C(=O)O)N2C(=O)/C(=C/c3ccccn3)[C@H]2S1(=O)=O. The van der Waals surface area contributed by atoms with Crippen LogP contribution >= 0.6 is 0 Å². The van der Waals surface area contributed by atoms with E-state index in [0.29, 0.717) is 5.69 Å². The molecule has 33 heavy (non-hydrogen) atoms. The smallest absolute Gasteiger partial charge is 0.407 e. The molecule has 2 fully saturated rings. The molecule has 4 heterocycles. The van der Waals surface area contributed by atoms with E-state index in [2.05, 4.69) is 15.3 Å². The summed E-state index contributed by atoms with van der Waals surface area (Å²) in [5.74, 6) is -2.22. The number of hydrogen-bond acceptors (Lipinski definition) is 8. The lowest BCUT2D eigenvalue weighted by Crippen LogP contribution is -2.59. The molecule has 0 bridgehead atoms. The fourth-order valence-electron chi connectivity index (χ4n) is 3.95. The zero-order valence-corrected chi connectivity index (χ0v) is 18.2. The standard InChI is InChI=1S/C21H20N4O7S/c1-21(12-32-20(29)24-11-13-5-8-22-9-6-13)16(19(27)28)25-17(26)15(18(25)33(21,30)31)10-14-4-2-3-7-23-14/h2-10,16,18H,11-12H2,1H3,(H,24,29)(H,27,28)/b15-10-/t16-,18+,21-/m0/s1. The third kappa shape index (κ3) is 3.71. The number of β-lactam (4-membered cyclic amide) rings is 1. The van der Waals surface area contributed by atoms with Gasteiger partial charge in [-0.15, -0.1) is 0 Å². The topological polar surface area (TPSA) is 156 Å². The van der Waals surface area contributed by atoms with E-state index in [4.69, 9.17) is 4.74 Å². The van der Waals surface area contributed by atoms with Crippen LogP contribution in [0.15, 0.2) is 54.5 Å². The Morgan fingerprint density at radius 3 is 2.61 bits per heavy atom. The van der Waals surface area contributed by atoms with Crippen molar-refractivity contribution < 1.29 is 32.6 Å². The predicted molar refractivity (Wildman–Crippen MR) is 114 cm³/mol. The lowest BCUT2D eigenvalue weighted by molar-refractivity contribution is -0.153. The van der Waals surface area contributed by atoms with Crippen molar-refractivity contribution >= 4 is 33.9 Å². The molecule has 2 aromatic heterocycles. The third-order valence-electron chi connectivity index (χ3n) is 5.70. The Balaban J connectivity index is 1.55. The van der Waals surface area contributed by atoms with Gasteiger partial charge in [0.2, 0.25) is 0 Å². The number of carboxylic acid groups (broad SMARTS) is 1. The molecule has 4 rings (SSSR count). The van der Waals surface area contributed by atoms with E-state index in [1.165, 1.54) is 19.2 Å². The first-order valence-corrected chi connectivity index (χ1v) is 11.4. The molecule has 2 N–H and O–H groups in total. The van der Waals surface area contributed by atoms with Gasteiger partial charge in [0.15, 0.2) is 21.3 Å². The highest BCUT2D eigenvalue weighted by molar-refractivity contribution is 7.94. The Hall–Kier alpha value is -3.80. The highest BCUT2D eigenvalue weighted by Crippen LogP contribution is 2.49. The van der Waals surface area contributed by atoms with Crippen molar-refractivity contribution in [2.75, 3.05) is 6.61 Å². The Bertz CT molecular complexity index is 1230. The molecule has 0 saturated carbocycles. The molecule has 0 spiro atoms. The van der Waals surface area contributed by atoms with Crippen molar-refractivity contribution in [3.8, 4) is 0 Å². The summed E-state index contributed by atoms with van der Waals surface area (Å²) in [6.45, 7) is 0.532. The van der Waals surface area contributed by atoms with E-state index in [-0.39, 0.29) is 12.1 Å². The summed E-state index contributed by atoms with van der Waals surface area (Å²) in [5.41, 5.74) is 1.03. The summed E-state index contributed by atoms with van der Waals surface area (Å²) in [4.78, 5) is 45.6. The highest BCUT2D eigenvalue weighted by Gasteiger charge is 2.72. The number of aliphatic carboxylic acids is 1. The maximum atomic E-state index is 13.4. The Morgan fingerprint density at radius 1 is 1.24 bits per heavy atom. The number of fused-ring (bicyclic) bond motifs is 1. The zero-order valence-electron chi connectivity index (χ0n) is 17.4. The van der Waals surface area contributed by atoms with E-state index in [0.717, 1.165) is 10.5 Å². The van der Waals surface area contributed by atoms with E-state index >= 15 is 0 Å². The second kappa shape index (κ2) is 8.28. The van der Waals surface area contributed by atoms with Gasteiger partial charge in [-0.3, -0.25) is 14.8 Å². The van der Waals surface area contributed by atoms with Crippen LogP contribution in [-0.2, 0) is 30.7 Å². The number of carboxylic acids is 1. The Kier molecular flexibility index (Phi) is 5.62. The van der Waals surface area contributed by atoms with Gasteiger partial charge in [-0.2, -0.15) is 0 Å². The van der Waals surface area contributed by atoms with Crippen LogP contribution in [-0.4, -0.2) is 69.1 Å². The molecule has 0 radical (unpaired) electrons. The third-order valence-corrected chi connectivity index (χ3v) is 8.41. The molecule has 11 nitrogen and oxygen atoms in total. The molecule has 12 heteroatoms. The number of nitrogens with one attached hydrogen (secondary N) is 1. The summed E-state index contributed by atoms with van der Waals surface area (Å²) in [7, 11) is -4.27. The van der Waals surface area contributed by atoms with Gasteiger partial charge < -0.3 is 20.1 Å². The first-order valence-electron chi connectivity index (χ1n) is 9.88. The van der Waals surface area contributed by atoms with Crippen LogP contribution in [0, 0.1) is 0 Å². The molecule has 2 aliphatic heterocycles. The van der Waals surface area contributed by atoms with Gasteiger partial charge in [0, 0.05) is 25.1 Å². The molecule has 2 aromatic rings. The molecule has 3 atom stereocenters. The Morgan fingerprint density at radius 2 is 1.97 bits per heavy atom. The molecule has 2 amide bonds. The molecule has 2 aliphatic rings. The minimum absolute atomic E-state index is 0.0780. The number of pyridine rings is 2. The van der Waals surface area contributed by atoms with Crippen LogP contribution in [0.5, 0.6) is 0 Å². The lowest BCUT2D eigenvalue weighted by atomic mass is 9.94. The molecular formula is C21H20N4O7S. The van der Waals surface area contributed by atoms with Crippen molar-refractivity contribution in [3.63, 3.8) is 0 Å². The van der Waals surface area contributed by atoms with Crippen LogP contribution in [0.2, 0.25) is 0 Å². The van der Waals surface area contributed by atoms with Crippen LogP contribution < -0.4 is 5.32 Å². The average Bonchev–Trinajstić information content (AvgIpc) is 2.97. The molecule has 0 unspecified atom stereocenters. The molecular weight excluding hydrogens is 452 g/mol. The summed E-state index contributed by atoms with van der Waals surface area (Å²) in [6.07, 6.45) is 4.98. The Labute approximate surface area is 189 Å². The minimum Gasteiger partial charge on any atom is -0.480 e. The average molecular weight is 472 g/mol. The van der Waals surface area contributed by atoms with Crippen LogP contribution in [0.25, 0.3) is 6.08 Å². The van der Waals surface area contributed by atoms with Gasteiger partial charge in [0.1, 0.15) is 11.4 Å². The number of rotatable bonds is 6. The number of carbonyl (C=O) groups is 3. The quantitative estimate of drug-likeness (QED) is 0.454. The number of hydrogen-bond donors (Lipinski definition) is 2. The fourth-order valence-corrected chi connectivity index (χ4v) is 6.23. The van der Waals surface area contributed by atoms with Gasteiger partial charge in [-0.25, -0.2) is 18.0 Å². The summed E-state index contributed by atoms with van der Waals surface area (Å²) in [5, 5.41) is 10.8. The lowest BCUT2D eigenvalue weighted by Gasteiger charge is -2.37. The van der Waals surface area contributed by atoms with E-state index in [1.54, 1.807) is 42.7 Å². The second-order valence-corrected chi connectivity index (χ2v) is 10.3. The molecule has 172 valence electrons. The molecule has 0 aromatic carbocycles. The van der Waals surface area contributed by atoms with E-state index in [1.807, 2.05) is 0 Å². The molecule has 0 aliphatic carbocycles. The largest absolute Gasteiger partial charge is 0.480 e. The number of nitrogens with zero attached hydrogens (tertiary/aromatic N) is 3. The first-order chi connectivity index (χ1) is 15.7. The van der Waals surface area contributed by atoms with E-state index < -0.39 is 50.6 Å². The first kappa shape index (κ1) is 22.4. The van der Waals surface area contributed by atoms with Crippen molar-refractivity contribution in [3.05, 3.63) is 65.8 Å². The van der Waals surface area contributed by atoms with Gasteiger partial charge in [-0.05, 0) is 42.8 Å². The summed E-state index contributed by atoms with van der Waals surface area (Å²) >= 11 is 0. The maximum absolute atomic E-state index is 13.4. The van der Waals surface area contributed by atoms with Crippen LogP contribution in [0.1, 0.15) is 18.2 Å². The summed E-state index contributed by atoms with van der Waals surface area (Å²) in [6, 6.07) is 6.57. The maximum Gasteiger partial charge on any atom is 0.407 e. The number of sulfone groups is 1. The van der Waals surface area contributed by atoms with Gasteiger partial charge in [0.05, 0.1) is 11.3 Å². The predicted octanol–water partition coefficient (Wildman–Crippen LogP) is 0.595. The number of amides is 2. The van der Waals surface area contributed by atoms with Crippen LogP contribution in [0.4, 0.5) is 4.79 Å². The van der Waals surface area contributed by atoms with E-state index in [9.17, 15) is 27.9 Å². The monoisotopic (exact) mass is 472 g/mol. The minimum atomic E-state index is -4.27. The summed E-state index contributed by atoms with van der Waals surface area (Å²) < 4.78 is 29.8. The molecule has 2 saturated heterocycles. The van der Waals surface area contributed by atoms with Gasteiger partial charge in [0.25, 0.3) is 5.91 Å². The number of carbonyl (C=O) groups excluding carboxylic acids is 2. The van der Waals surface area contributed by atoms with Crippen molar-refractivity contribution in [2.45, 2.75) is 29.6 Å².